The van der Waals surface area contributed by atoms with Crippen LogP contribution < -0.4 is 22.5 Å². The van der Waals surface area contributed by atoms with Crippen LogP contribution in [-0.2, 0) is 9.59 Å². The van der Waals surface area contributed by atoms with E-state index < -0.39 is 17.9 Å². The summed E-state index contributed by atoms with van der Waals surface area (Å²) in [6, 6.07) is -0.857. The number of rotatable bonds is 7. The zero-order valence-corrected chi connectivity index (χ0v) is 16.1. The summed E-state index contributed by atoms with van der Waals surface area (Å²) in [6.07, 6.45) is 4.75. The second-order valence-corrected chi connectivity index (χ2v) is 9.85. The van der Waals surface area contributed by atoms with Crippen LogP contribution >= 0.6 is 21.6 Å². The highest BCUT2D eigenvalue weighted by atomic mass is 33.1. The number of carboxylic acids is 1. The minimum Gasteiger partial charge on any atom is -0.481 e. The lowest BCUT2D eigenvalue weighted by Gasteiger charge is -2.36. The number of aliphatic carboxylic acids is 1. The average Bonchev–Trinajstić information content (AvgIpc) is 2.58. The molecule has 2 fully saturated rings. The van der Waals surface area contributed by atoms with Crippen LogP contribution in [0.2, 0.25) is 0 Å². The summed E-state index contributed by atoms with van der Waals surface area (Å²) in [6.45, 7) is 0.588. The smallest absolute Gasteiger partial charge is 0.306 e. The van der Waals surface area contributed by atoms with Crippen molar-refractivity contribution < 1.29 is 14.7 Å². The van der Waals surface area contributed by atoms with Gasteiger partial charge in [0, 0.05) is 22.6 Å². The highest BCUT2D eigenvalue weighted by molar-refractivity contribution is 8.80. The number of carboxylic acid groups (broad SMARTS) is 1. The molecule has 1 saturated heterocycles. The van der Waals surface area contributed by atoms with Crippen LogP contribution in [-0.4, -0.2) is 52.2 Å². The Balaban J connectivity index is 1.96. The molecule has 1 heterocycles. The van der Waals surface area contributed by atoms with Crippen molar-refractivity contribution in [2.24, 2.45) is 23.1 Å². The largest absolute Gasteiger partial charge is 0.481 e. The van der Waals surface area contributed by atoms with E-state index in [1.165, 1.54) is 0 Å². The van der Waals surface area contributed by atoms with Crippen LogP contribution in [0.1, 0.15) is 44.9 Å². The summed E-state index contributed by atoms with van der Waals surface area (Å²) in [5.74, 6) is -1.47. The van der Waals surface area contributed by atoms with Crippen molar-refractivity contribution in [2.45, 2.75) is 73.6 Å². The van der Waals surface area contributed by atoms with Gasteiger partial charge in [0.1, 0.15) is 0 Å². The van der Waals surface area contributed by atoms with Gasteiger partial charge in [-0.1, -0.05) is 28.0 Å². The molecule has 8 N–H and O–H groups in total. The SMILES string of the molecule is NCCCC[C@H](N)C(=O)NC1CC(N)CC2SSC2C[C@H](C(=O)O)C1. The van der Waals surface area contributed by atoms with Crippen molar-refractivity contribution in [1.82, 2.24) is 5.32 Å². The molecule has 0 radical (unpaired) electrons. The number of nitrogens with one attached hydrogen (secondary N) is 1. The second-order valence-electron chi connectivity index (χ2n) is 7.10. The summed E-state index contributed by atoms with van der Waals surface area (Å²) in [5, 5.41) is 13.3. The lowest BCUT2D eigenvalue weighted by Crippen LogP contribution is -2.48. The van der Waals surface area contributed by atoms with E-state index in [9.17, 15) is 14.7 Å². The molecule has 0 aromatic rings. The molecule has 0 bridgehead atoms. The Hall–Kier alpha value is -0.480. The Morgan fingerprint density at radius 2 is 1.80 bits per heavy atom. The molecular weight excluding hydrogens is 360 g/mol. The van der Waals surface area contributed by atoms with Gasteiger partial charge in [-0.25, -0.2) is 0 Å². The van der Waals surface area contributed by atoms with Gasteiger partial charge in [-0.3, -0.25) is 9.59 Å². The van der Waals surface area contributed by atoms with E-state index in [2.05, 4.69) is 5.32 Å². The number of fused-ring (bicyclic) bond motifs is 1. The zero-order chi connectivity index (χ0) is 18.4. The molecule has 1 aliphatic heterocycles. The number of nitrogens with two attached hydrogens (primary N) is 3. The third kappa shape index (κ3) is 6.32. The topological polar surface area (TPSA) is 144 Å². The van der Waals surface area contributed by atoms with E-state index in [4.69, 9.17) is 17.2 Å². The molecule has 144 valence electrons. The molecule has 25 heavy (non-hydrogen) atoms. The standard InChI is InChI=1S/C16H30N4O3S2/c17-4-2-1-3-12(19)15(21)20-11-5-9(16(22)23)6-13-14(25-24-13)8-10(18)7-11/h9-14H,1-8,17-19H2,(H,20,21)(H,22,23)/t9-,10?,11?,12+,13?,14?/m1/s1. The van der Waals surface area contributed by atoms with Gasteiger partial charge in [0.05, 0.1) is 12.0 Å². The van der Waals surface area contributed by atoms with Crippen molar-refractivity contribution in [2.75, 3.05) is 6.54 Å². The van der Waals surface area contributed by atoms with E-state index in [0.29, 0.717) is 42.7 Å². The molecule has 9 heteroatoms. The maximum Gasteiger partial charge on any atom is 0.306 e. The predicted octanol–water partition coefficient (Wildman–Crippen LogP) is 0.662. The quantitative estimate of drug-likeness (QED) is 0.315. The van der Waals surface area contributed by atoms with E-state index in [-0.39, 0.29) is 18.0 Å². The third-order valence-electron chi connectivity index (χ3n) is 4.93. The van der Waals surface area contributed by atoms with Crippen molar-refractivity contribution in [3.05, 3.63) is 0 Å². The molecule has 1 aliphatic carbocycles. The molecular formula is C16H30N4O3S2. The first-order chi connectivity index (χ1) is 11.9. The van der Waals surface area contributed by atoms with E-state index in [1.54, 1.807) is 21.6 Å². The Morgan fingerprint density at radius 1 is 1.12 bits per heavy atom. The molecule has 4 unspecified atom stereocenters. The molecule has 7 nitrogen and oxygen atoms in total. The number of hydrogen-bond donors (Lipinski definition) is 5. The lowest BCUT2D eigenvalue weighted by atomic mass is 9.93. The van der Waals surface area contributed by atoms with Gasteiger partial charge in [0.2, 0.25) is 5.91 Å². The maximum absolute atomic E-state index is 12.3. The van der Waals surface area contributed by atoms with Crippen LogP contribution in [0.3, 0.4) is 0 Å². The first-order valence-electron chi connectivity index (χ1n) is 8.97. The van der Waals surface area contributed by atoms with Crippen LogP contribution in [0, 0.1) is 5.92 Å². The van der Waals surface area contributed by atoms with Crippen LogP contribution in [0.5, 0.6) is 0 Å². The fourth-order valence-corrected chi connectivity index (χ4v) is 6.47. The summed E-state index contributed by atoms with van der Waals surface area (Å²) < 4.78 is 0. The number of carbonyl (C=O) groups is 2. The summed E-state index contributed by atoms with van der Waals surface area (Å²) in [5.41, 5.74) is 17.7. The highest BCUT2D eigenvalue weighted by Gasteiger charge is 2.40. The minimum absolute atomic E-state index is 0.0350. The monoisotopic (exact) mass is 390 g/mol. The van der Waals surface area contributed by atoms with Crippen molar-refractivity contribution in [3.8, 4) is 0 Å². The number of amides is 1. The van der Waals surface area contributed by atoms with Gasteiger partial charge in [0.15, 0.2) is 0 Å². The van der Waals surface area contributed by atoms with E-state index >= 15 is 0 Å². The number of unbranched alkanes of at least 4 members (excludes halogenated alkanes) is 1. The highest BCUT2D eigenvalue weighted by Crippen LogP contribution is 2.52. The Kier molecular flexibility index (Phi) is 8.34. The number of carbonyl (C=O) groups excluding carboxylic acids is 1. The average molecular weight is 391 g/mol. The van der Waals surface area contributed by atoms with Gasteiger partial charge < -0.3 is 27.6 Å². The van der Waals surface area contributed by atoms with Crippen molar-refractivity contribution in [1.29, 1.82) is 0 Å². The number of hydrogen-bond acceptors (Lipinski definition) is 7. The molecule has 1 saturated carbocycles. The Bertz CT molecular complexity index is 469. The van der Waals surface area contributed by atoms with Gasteiger partial charge in [-0.2, -0.15) is 0 Å². The summed E-state index contributed by atoms with van der Waals surface area (Å²) in [4.78, 5) is 24.0. The summed E-state index contributed by atoms with van der Waals surface area (Å²) in [7, 11) is 3.55. The first-order valence-corrected chi connectivity index (χ1v) is 11.2. The predicted molar refractivity (Wildman–Crippen MR) is 103 cm³/mol. The fourth-order valence-electron chi connectivity index (χ4n) is 3.44. The van der Waals surface area contributed by atoms with E-state index in [1.807, 2.05) is 0 Å². The normalized spacial score (nSPS) is 33.8. The second kappa shape index (κ2) is 10.0. The molecule has 0 aromatic carbocycles. The van der Waals surface area contributed by atoms with E-state index in [0.717, 1.165) is 19.3 Å². The fraction of sp³-hybridized carbons (Fsp3) is 0.875. The van der Waals surface area contributed by atoms with Crippen LogP contribution in [0.25, 0.3) is 0 Å². The Morgan fingerprint density at radius 3 is 2.40 bits per heavy atom. The third-order valence-corrected chi connectivity index (χ3v) is 8.56. The molecule has 0 spiro atoms. The van der Waals surface area contributed by atoms with Crippen molar-refractivity contribution in [3.63, 3.8) is 0 Å². The molecule has 1 amide bonds. The lowest BCUT2D eigenvalue weighted by molar-refractivity contribution is -0.142. The Labute approximate surface area is 157 Å². The van der Waals surface area contributed by atoms with Gasteiger partial charge >= 0.3 is 5.97 Å². The van der Waals surface area contributed by atoms with Crippen LogP contribution in [0.15, 0.2) is 0 Å². The van der Waals surface area contributed by atoms with Gasteiger partial charge in [0.25, 0.3) is 0 Å². The van der Waals surface area contributed by atoms with Gasteiger partial charge in [-0.15, -0.1) is 0 Å². The molecule has 0 aromatic heterocycles. The molecule has 6 atom stereocenters. The zero-order valence-electron chi connectivity index (χ0n) is 14.4. The first kappa shape index (κ1) is 20.8. The van der Waals surface area contributed by atoms with Crippen LogP contribution in [0.4, 0.5) is 0 Å². The van der Waals surface area contributed by atoms with Crippen molar-refractivity contribution >= 4 is 33.5 Å². The summed E-state index contributed by atoms with van der Waals surface area (Å²) >= 11 is 0. The minimum atomic E-state index is -0.793. The molecule has 2 rings (SSSR count). The molecule has 2 aliphatic rings. The van der Waals surface area contributed by atoms with Gasteiger partial charge in [-0.05, 0) is 45.1 Å². The maximum atomic E-state index is 12.3.